The van der Waals surface area contributed by atoms with Gasteiger partial charge in [0.05, 0.1) is 52.3 Å². The predicted molar refractivity (Wildman–Crippen MR) is 252 cm³/mol. The number of halogens is 2. The molecule has 12 nitrogen and oxygen atoms in total. The van der Waals surface area contributed by atoms with Crippen LogP contribution in [0.3, 0.4) is 0 Å². The number of thiophene rings is 2. The highest BCUT2D eigenvalue weighted by Crippen LogP contribution is 2.40. The Morgan fingerprint density at radius 2 is 1.16 bits per heavy atom. The average molecular weight is 910 g/mol. The van der Waals surface area contributed by atoms with Crippen LogP contribution in [0, 0.1) is 0 Å². The van der Waals surface area contributed by atoms with Crippen LogP contribution in [0.15, 0.2) is 138 Å². The maximum atomic E-state index is 15.1. The summed E-state index contributed by atoms with van der Waals surface area (Å²) in [5.74, 6) is -1.80. The number of fused-ring (bicyclic) bond motifs is 2. The van der Waals surface area contributed by atoms with Crippen LogP contribution in [-0.2, 0) is 14.4 Å². The summed E-state index contributed by atoms with van der Waals surface area (Å²) in [7, 11) is 0. The maximum absolute atomic E-state index is 15.1. The van der Waals surface area contributed by atoms with Crippen molar-refractivity contribution in [2.24, 2.45) is 0 Å². The fraction of sp³-hybridized carbons (Fsp3) is 0.106. The van der Waals surface area contributed by atoms with Gasteiger partial charge in [-0.1, -0.05) is 41.4 Å². The number of nitrogens with zero attached hydrogens (tertiary/aromatic N) is 4. The number of benzene rings is 4. The Labute approximate surface area is 377 Å². The minimum atomic E-state index is -1.11. The summed E-state index contributed by atoms with van der Waals surface area (Å²) in [4.78, 5) is 75.0. The van der Waals surface area contributed by atoms with E-state index in [9.17, 15) is 9.59 Å². The van der Waals surface area contributed by atoms with Gasteiger partial charge in [0.2, 0.25) is 17.7 Å². The van der Waals surface area contributed by atoms with Crippen LogP contribution in [0.4, 0.5) is 17.1 Å². The maximum Gasteiger partial charge on any atom is 0.255 e. The second kappa shape index (κ2) is 16.8. The van der Waals surface area contributed by atoms with E-state index < -0.39 is 23.7 Å². The molecule has 0 radical (unpaired) electrons. The molecule has 0 aliphatic carbocycles. The van der Waals surface area contributed by atoms with Gasteiger partial charge < -0.3 is 25.5 Å². The zero-order valence-corrected chi connectivity index (χ0v) is 36.1. The van der Waals surface area contributed by atoms with Gasteiger partial charge in [0.15, 0.2) is 0 Å². The molecule has 4 aromatic carbocycles. The molecule has 16 heteroatoms. The van der Waals surface area contributed by atoms with Crippen molar-refractivity contribution in [3.8, 4) is 27.1 Å². The number of imidazole rings is 2. The average Bonchev–Trinajstić information content (AvgIpc) is 4.15. The molecule has 0 saturated carbocycles. The van der Waals surface area contributed by atoms with E-state index in [2.05, 4.69) is 20.6 Å². The van der Waals surface area contributed by atoms with Crippen molar-refractivity contribution < 1.29 is 14.4 Å². The molecule has 3 amide bonds. The van der Waals surface area contributed by atoms with Crippen molar-refractivity contribution in [2.45, 2.75) is 24.7 Å². The second-order valence-electron chi connectivity index (χ2n) is 15.0. The zero-order valence-electron chi connectivity index (χ0n) is 33.0. The highest BCUT2D eigenvalue weighted by Gasteiger charge is 2.38. The highest BCUT2D eigenvalue weighted by atomic mass is 35.5. The van der Waals surface area contributed by atoms with Crippen LogP contribution in [0.25, 0.3) is 49.2 Å². The molecule has 63 heavy (non-hydrogen) atoms. The number of aromatic amines is 2. The molecule has 5 aromatic heterocycles. The second-order valence-corrected chi connectivity index (χ2v) is 18.4. The Balaban J connectivity index is 1.07. The normalized spacial score (nSPS) is 13.7. The van der Waals surface area contributed by atoms with E-state index in [0.717, 1.165) is 21.9 Å². The van der Waals surface area contributed by atoms with Crippen LogP contribution in [0.1, 0.15) is 35.8 Å². The van der Waals surface area contributed by atoms with Gasteiger partial charge in [-0.15, -0.1) is 22.7 Å². The molecule has 10 rings (SSSR count). The lowest BCUT2D eigenvalue weighted by molar-refractivity contribution is -0.124. The first kappa shape index (κ1) is 40.2. The van der Waals surface area contributed by atoms with Gasteiger partial charge in [-0.3, -0.25) is 23.7 Å². The summed E-state index contributed by atoms with van der Waals surface area (Å²) in [5.41, 5.74) is 5.91. The molecule has 2 unspecified atom stereocenters. The third-order valence-electron chi connectivity index (χ3n) is 11.0. The smallest absolute Gasteiger partial charge is 0.255 e. The lowest BCUT2D eigenvalue weighted by Gasteiger charge is -2.27. The quantitative estimate of drug-likeness (QED) is 0.101. The monoisotopic (exact) mass is 908 g/mol. The van der Waals surface area contributed by atoms with Gasteiger partial charge in [0.25, 0.3) is 5.56 Å². The van der Waals surface area contributed by atoms with Gasteiger partial charge in [-0.2, -0.15) is 0 Å². The lowest BCUT2D eigenvalue weighted by atomic mass is 9.79. The van der Waals surface area contributed by atoms with Crippen molar-refractivity contribution in [3.05, 3.63) is 164 Å². The topological polar surface area (TPSA) is 158 Å². The molecule has 0 bridgehead atoms. The van der Waals surface area contributed by atoms with Crippen LogP contribution in [0.5, 0.6) is 0 Å². The number of hydrogen-bond donors (Lipinski definition) is 4. The van der Waals surface area contributed by atoms with E-state index >= 15 is 9.59 Å². The third-order valence-corrected chi connectivity index (χ3v) is 13.5. The van der Waals surface area contributed by atoms with Gasteiger partial charge in [-0.05, 0) is 121 Å². The number of carbonyl (C=O) groups excluding carboxylic acids is 3. The number of hydrogen-bond acceptors (Lipinski definition) is 8. The molecule has 1 aliphatic rings. The molecule has 4 N–H and O–H groups in total. The Hall–Kier alpha value is -6.84. The zero-order chi connectivity index (χ0) is 43.2. The van der Waals surface area contributed by atoms with Crippen molar-refractivity contribution in [2.75, 3.05) is 22.1 Å². The van der Waals surface area contributed by atoms with Crippen LogP contribution in [0.2, 0.25) is 8.67 Å². The summed E-state index contributed by atoms with van der Waals surface area (Å²) in [6.07, 6.45) is 2.96. The van der Waals surface area contributed by atoms with E-state index in [1.54, 1.807) is 59.6 Å². The molecule has 2 atom stereocenters. The fourth-order valence-corrected chi connectivity index (χ4v) is 9.96. The third kappa shape index (κ3) is 8.17. The van der Waals surface area contributed by atoms with E-state index in [1.165, 1.54) is 33.3 Å². The summed E-state index contributed by atoms with van der Waals surface area (Å²) in [5, 5.41) is 6.17. The highest BCUT2D eigenvalue weighted by molar-refractivity contribution is 7.19. The Kier molecular flexibility index (Phi) is 10.7. The van der Waals surface area contributed by atoms with E-state index in [4.69, 9.17) is 33.2 Å². The first-order chi connectivity index (χ1) is 30.6. The molecule has 1 fully saturated rings. The van der Waals surface area contributed by atoms with Gasteiger partial charge in [-0.25, -0.2) is 9.97 Å². The van der Waals surface area contributed by atoms with E-state index in [-0.39, 0.29) is 11.5 Å². The molecule has 312 valence electrons. The number of aromatic nitrogens is 5. The number of anilines is 3. The van der Waals surface area contributed by atoms with Crippen LogP contribution in [-0.4, -0.2) is 48.8 Å². The molecule has 1 saturated heterocycles. The van der Waals surface area contributed by atoms with Crippen LogP contribution >= 0.6 is 45.9 Å². The SMILES string of the molecule is O=C(Nc1ccc(N2CCCC2=O)cc1)C(c1ccc2nc(-c3ccc(Cl)s3)[nH]c2c1)C(C(=O)Nc1ccc(-n2ccccc2=O)cc1)c1ccc2nc(-c3ccc(Cl)s3)[nH]c2c1. The first-order valence-corrected chi connectivity index (χ1v) is 22.3. The number of H-pyrrole nitrogens is 2. The summed E-state index contributed by atoms with van der Waals surface area (Å²) >= 11 is 15.3. The molecule has 9 aromatic rings. The van der Waals surface area contributed by atoms with Gasteiger partial charge in [0.1, 0.15) is 11.6 Å². The predicted octanol–water partition coefficient (Wildman–Crippen LogP) is 10.6. The number of rotatable bonds is 11. The molecular weight excluding hydrogens is 876 g/mol. The molecule has 6 heterocycles. The minimum absolute atomic E-state index is 0.0596. The standard InChI is InChI=1S/C47H34Cl2N8O4S2/c48-38-20-18-36(62-38)44-52-32-16-6-26(24-34(32)54-44)42(46(60)50-28-8-12-30(13-9-28)56-22-2-1-4-40(56)58)43(47(61)51-29-10-14-31(15-11-29)57-23-3-5-41(57)59)27-7-17-33-35(25-27)55-45(53-33)37-19-21-39(49)63-37/h1-2,4,6-22,24-25,42-43H,3,5,23H2,(H,50,60)(H,51,61)(H,52,54)(H,53,55). The number of nitrogens with one attached hydrogen (secondary N) is 4. The summed E-state index contributed by atoms with van der Waals surface area (Å²) < 4.78 is 2.76. The van der Waals surface area contributed by atoms with Crippen molar-refractivity contribution in [1.82, 2.24) is 24.5 Å². The van der Waals surface area contributed by atoms with Gasteiger partial charge in [0, 0.05) is 48.0 Å². The van der Waals surface area contributed by atoms with Crippen molar-refractivity contribution >= 4 is 103 Å². The number of carbonyl (C=O) groups is 3. The summed E-state index contributed by atoms with van der Waals surface area (Å²) in [6, 6.07) is 37.4. The molecular formula is C47H34Cl2N8O4S2. The Morgan fingerprint density at radius 1 is 0.635 bits per heavy atom. The first-order valence-electron chi connectivity index (χ1n) is 19.9. The Morgan fingerprint density at radius 3 is 1.62 bits per heavy atom. The Bertz CT molecular complexity index is 3260. The minimum Gasteiger partial charge on any atom is -0.337 e. The number of amides is 3. The molecule has 0 spiro atoms. The van der Waals surface area contributed by atoms with Crippen LogP contribution < -0.4 is 21.1 Å². The van der Waals surface area contributed by atoms with Gasteiger partial charge >= 0.3 is 0 Å². The van der Waals surface area contributed by atoms with E-state index in [1.807, 2.05) is 72.8 Å². The fourth-order valence-electron chi connectivity index (χ4n) is 7.98. The summed E-state index contributed by atoms with van der Waals surface area (Å²) in [6.45, 7) is 0.636. The van der Waals surface area contributed by atoms with Crippen molar-refractivity contribution in [3.63, 3.8) is 0 Å². The number of pyridine rings is 1. The lowest BCUT2D eigenvalue weighted by Crippen LogP contribution is -2.34. The molecule has 1 aliphatic heterocycles. The van der Waals surface area contributed by atoms with Crippen molar-refractivity contribution in [1.29, 1.82) is 0 Å². The van der Waals surface area contributed by atoms with E-state index in [0.29, 0.717) is 83.5 Å². The largest absolute Gasteiger partial charge is 0.337 e.